The van der Waals surface area contributed by atoms with Gasteiger partial charge in [0.15, 0.2) is 0 Å². The fraction of sp³-hybridized carbons (Fsp3) is 0.211. The highest BCUT2D eigenvalue weighted by atomic mass is 16.5. The summed E-state index contributed by atoms with van der Waals surface area (Å²) in [5, 5.41) is 11.2. The third-order valence-corrected chi connectivity index (χ3v) is 3.67. The summed E-state index contributed by atoms with van der Waals surface area (Å²) in [5.41, 5.74) is 2.94. The van der Waals surface area contributed by atoms with Crippen molar-refractivity contribution in [1.29, 1.82) is 0 Å². The molecule has 4 heteroatoms. The fourth-order valence-electron chi connectivity index (χ4n) is 2.55. The molecule has 2 aromatic carbocycles. The Labute approximate surface area is 135 Å². The van der Waals surface area contributed by atoms with E-state index in [4.69, 9.17) is 9.15 Å². The van der Waals surface area contributed by atoms with Gasteiger partial charge in [-0.1, -0.05) is 25.1 Å². The van der Waals surface area contributed by atoms with E-state index in [9.17, 15) is 5.11 Å². The lowest BCUT2D eigenvalue weighted by atomic mass is 10.0. The molecule has 0 saturated heterocycles. The van der Waals surface area contributed by atoms with E-state index in [0.717, 1.165) is 28.8 Å². The number of benzene rings is 2. The van der Waals surface area contributed by atoms with E-state index in [1.807, 2.05) is 48.5 Å². The zero-order valence-electron chi connectivity index (χ0n) is 13.2. The number of hydrogen-bond acceptors (Lipinski definition) is 4. The summed E-state index contributed by atoms with van der Waals surface area (Å²) in [6.07, 6.45) is 0.927. The molecule has 0 saturated carbocycles. The molecule has 0 atom stereocenters. The molecule has 3 rings (SSSR count). The minimum Gasteiger partial charge on any atom is -0.497 e. The van der Waals surface area contributed by atoms with Gasteiger partial charge in [0.25, 0.3) is 5.95 Å². The Morgan fingerprint density at radius 1 is 1.13 bits per heavy atom. The molecule has 23 heavy (non-hydrogen) atoms. The summed E-state index contributed by atoms with van der Waals surface area (Å²) >= 11 is 0. The summed E-state index contributed by atoms with van der Waals surface area (Å²) in [6, 6.07) is 15.2. The molecule has 3 aromatic rings. The maximum absolute atomic E-state index is 10.3. The van der Waals surface area contributed by atoms with E-state index in [1.54, 1.807) is 7.11 Å². The number of furan rings is 1. The second kappa shape index (κ2) is 6.57. The first kappa shape index (κ1) is 15.2. The second-order valence-corrected chi connectivity index (χ2v) is 5.24. The Hall–Kier alpha value is -2.75. The monoisotopic (exact) mass is 309 g/mol. The van der Waals surface area contributed by atoms with Gasteiger partial charge < -0.3 is 14.3 Å². The fourth-order valence-corrected chi connectivity index (χ4v) is 2.55. The molecule has 1 N–H and O–H groups in total. The minimum absolute atomic E-state index is 0.100. The molecule has 0 fully saturated rings. The van der Waals surface area contributed by atoms with E-state index >= 15 is 0 Å². The highest BCUT2D eigenvalue weighted by Gasteiger charge is 2.20. The molecular weight excluding hydrogens is 290 g/mol. The van der Waals surface area contributed by atoms with Crippen molar-refractivity contribution in [3.05, 3.63) is 59.7 Å². The number of hydrogen-bond donors (Lipinski definition) is 1. The molecule has 0 unspecified atom stereocenters. The van der Waals surface area contributed by atoms with Crippen LogP contribution in [0.3, 0.4) is 0 Å². The average Bonchev–Trinajstić information content (AvgIpc) is 2.92. The van der Waals surface area contributed by atoms with Crippen molar-refractivity contribution in [2.24, 2.45) is 4.99 Å². The molecule has 0 aliphatic carbocycles. The first-order chi connectivity index (χ1) is 11.2. The number of nitrogens with zero attached hydrogens (tertiary/aromatic N) is 1. The van der Waals surface area contributed by atoms with Crippen molar-refractivity contribution < 1.29 is 14.3 Å². The normalized spacial score (nSPS) is 11.8. The van der Waals surface area contributed by atoms with E-state index in [2.05, 4.69) is 11.9 Å². The van der Waals surface area contributed by atoms with Gasteiger partial charge in [-0.05, 0) is 36.8 Å². The maximum Gasteiger partial charge on any atom is 0.292 e. The molecule has 0 amide bonds. The van der Waals surface area contributed by atoms with Crippen LogP contribution in [0.2, 0.25) is 0 Å². The third kappa shape index (κ3) is 2.93. The van der Waals surface area contributed by atoms with Crippen LogP contribution in [0.5, 0.6) is 11.7 Å². The van der Waals surface area contributed by atoms with Gasteiger partial charge in [-0.25, -0.2) is 0 Å². The van der Waals surface area contributed by atoms with Crippen LogP contribution < -0.4 is 4.74 Å². The number of ether oxygens (including phenoxy) is 1. The number of fused-ring (bicyclic) bond motifs is 1. The standard InChI is InChI=1S/C19H19NO3/c1-3-12-20-18(13-8-10-14(22-2)11-9-13)17-15-6-4-5-7-16(15)23-19(17)21/h4-11,21H,3,12H2,1-2H3. The van der Waals surface area contributed by atoms with Gasteiger partial charge in [0.1, 0.15) is 11.3 Å². The highest BCUT2D eigenvalue weighted by molar-refractivity contribution is 6.20. The van der Waals surface area contributed by atoms with E-state index in [-0.39, 0.29) is 5.95 Å². The zero-order valence-corrected chi connectivity index (χ0v) is 13.2. The van der Waals surface area contributed by atoms with Gasteiger partial charge in [0, 0.05) is 17.5 Å². The molecule has 118 valence electrons. The molecule has 1 heterocycles. The Balaban J connectivity index is 2.16. The van der Waals surface area contributed by atoms with Gasteiger partial charge in [-0.3, -0.25) is 4.99 Å². The number of aromatic hydroxyl groups is 1. The first-order valence-corrected chi connectivity index (χ1v) is 7.64. The third-order valence-electron chi connectivity index (χ3n) is 3.67. The van der Waals surface area contributed by atoms with Crippen LogP contribution >= 0.6 is 0 Å². The number of aliphatic imine (C=N–C) groups is 1. The van der Waals surface area contributed by atoms with Gasteiger partial charge in [0.2, 0.25) is 0 Å². The van der Waals surface area contributed by atoms with Crippen LogP contribution in [0.4, 0.5) is 0 Å². The van der Waals surface area contributed by atoms with Crippen molar-refractivity contribution >= 4 is 16.7 Å². The van der Waals surface area contributed by atoms with Crippen LogP contribution in [0.15, 0.2) is 57.9 Å². The van der Waals surface area contributed by atoms with Crippen molar-refractivity contribution in [2.75, 3.05) is 13.7 Å². The molecule has 0 bridgehead atoms. The Morgan fingerprint density at radius 3 is 2.57 bits per heavy atom. The van der Waals surface area contributed by atoms with Crippen LogP contribution in [-0.4, -0.2) is 24.5 Å². The zero-order chi connectivity index (χ0) is 16.2. The van der Waals surface area contributed by atoms with Crippen LogP contribution in [-0.2, 0) is 0 Å². The second-order valence-electron chi connectivity index (χ2n) is 5.24. The Kier molecular flexibility index (Phi) is 4.33. The molecule has 4 nitrogen and oxygen atoms in total. The minimum atomic E-state index is -0.100. The quantitative estimate of drug-likeness (QED) is 0.711. The van der Waals surface area contributed by atoms with E-state index in [1.165, 1.54) is 0 Å². The number of para-hydroxylation sites is 1. The summed E-state index contributed by atoms with van der Waals surface area (Å²) in [5.74, 6) is 0.682. The van der Waals surface area contributed by atoms with Gasteiger partial charge in [-0.2, -0.15) is 0 Å². The predicted molar refractivity (Wildman–Crippen MR) is 91.7 cm³/mol. The molecule has 0 aliphatic rings. The Morgan fingerprint density at radius 2 is 1.87 bits per heavy atom. The highest BCUT2D eigenvalue weighted by Crippen LogP contribution is 2.33. The van der Waals surface area contributed by atoms with Crippen LogP contribution in [0.1, 0.15) is 24.5 Å². The van der Waals surface area contributed by atoms with Crippen LogP contribution in [0, 0.1) is 0 Å². The van der Waals surface area contributed by atoms with Crippen molar-refractivity contribution in [2.45, 2.75) is 13.3 Å². The average molecular weight is 309 g/mol. The largest absolute Gasteiger partial charge is 0.497 e. The first-order valence-electron chi connectivity index (χ1n) is 7.64. The topological polar surface area (TPSA) is 55.0 Å². The van der Waals surface area contributed by atoms with Gasteiger partial charge in [0.05, 0.1) is 18.4 Å². The SMILES string of the molecule is CCCN=C(c1ccc(OC)cc1)c1c(O)oc2ccccc12. The smallest absolute Gasteiger partial charge is 0.292 e. The summed E-state index contributed by atoms with van der Waals surface area (Å²) < 4.78 is 10.7. The predicted octanol–water partition coefficient (Wildman–Crippen LogP) is 4.39. The van der Waals surface area contributed by atoms with Crippen molar-refractivity contribution in [1.82, 2.24) is 0 Å². The lowest BCUT2D eigenvalue weighted by Crippen LogP contribution is -2.04. The number of rotatable bonds is 5. The van der Waals surface area contributed by atoms with Crippen LogP contribution in [0.25, 0.3) is 11.0 Å². The molecule has 0 spiro atoms. The van der Waals surface area contributed by atoms with E-state index in [0.29, 0.717) is 17.7 Å². The molecular formula is C19H19NO3. The molecule has 0 radical (unpaired) electrons. The number of methoxy groups -OCH3 is 1. The van der Waals surface area contributed by atoms with E-state index < -0.39 is 0 Å². The van der Waals surface area contributed by atoms with Gasteiger partial charge in [-0.15, -0.1) is 0 Å². The lowest BCUT2D eigenvalue weighted by Gasteiger charge is -2.07. The summed E-state index contributed by atoms with van der Waals surface area (Å²) in [7, 11) is 1.64. The lowest BCUT2D eigenvalue weighted by molar-refractivity contribution is 0.345. The van der Waals surface area contributed by atoms with Gasteiger partial charge >= 0.3 is 0 Å². The van der Waals surface area contributed by atoms with Crippen molar-refractivity contribution in [3.63, 3.8) is 0 Å². The summed E-state index contributed by atoms with van der Waals surface area (Å²) in [6.45, 7) is 2.75. The Bertz CT molecular complexity index is 831. The van der Waals surface area contributed by atoms with Crippen molar-refractivity contribution in [3.8, 4) is 11.7 Å². The summed E-state index contributed by atoms with van der Waals surface area (Å²) in [4.78, 5) is 4.68. The molecule has 0 aliphatic heterocycles. The maximum atomic E-state index is 10.3. The molecule has 1 aromatic heterocycles.